The van der Waals surface area contributed by atoms with E-state index in [2.05, 4.69) is 20.9 Å². The topological polar surface area (TPSA) is 88.1 Å². The largest absolute Gasteiger partial charge is 0.350 e. The molecule has 1 aliphatic rings. The predicted molar refractivity (Wildman–Crippen MR) is 130 cm³/mol. The van der Waals surface area contributed by atoms with Gasteiger partial charge in [0.1, 0.15) is 11.7 Å². The Labute approximate surface area is 202 Å². The van der Waals surface area contributed by atoms with Gasteiger partial charge in [-0.05, 0) is 61.6 Å². The minimum absolute atomic E-state index is 0.162. The molecule has 2 amide bonds. The molecule has 0 bridgehead atoms. The molecule has 0 spiro atoms. The third-order valence-corrected chi connectivity index (χ3v) is 6.53. The fraction of sp³-hybridized carbons (Fsp3) is 0.375. The molecular weight excluding hydrogens is 461 g/mol. The van der Waals surface area contributed by atoms with Crippen molar-refractivity contribution >= 4 is 46.0 Å². The Morgan fingerprint density at radius 3 is 2.88 bits per heavy atom. The molecule has 0 aliphatic carbocycles. The summed E-state index contributed by atoms with van der Waals surface area (Å²) in [6.45, 7) is 2.74. The molecule has 2 aromatic heterocycles. The fourth-order valence-corrected chi connectivity index (χ4v) is 4.74. The Kier molecular flexibility index (Phi) is 7.22. The molecule has 9 heteroatoms. The van der Waals surface area contributed by atoms with Crippen molar-refractivity contribution in [3.63, 3.8) is 0 Å². The Bertz CT molecular complexity index is 1180. The van der Waals surface area contributed by atoms with Gasteiger partial charge >= 0.3 is 0 Å². The lowest BCUT2D eigenvalue weighted by Crippen LogP contribution is -2.49. The summed E-state index contributed by atoms with van der Waals surface area (Å²) in [6, 6.07) is 8.75. The molecule has 3 N–H and O–H groups in total. The van der Waals surface area contributed by atoms with Crippen LogP contribution in [0.4, 0.5) is 0 Å². The second-order valence-corrected chi connectivity index (χ2v) is 9.49. The monoisotopic (exact) mass is 487 g/mol. The summed E-state index contributed by atoms with van der Waals surface area (Å²) in [7, 11) is 1.88. The molecule has 1 aliphatic heterocycles. The van der Waals surface area contributed by atoms with E-state index in [-0.39, 0.29) is 17.9 Å². The van der Waals surface area contributed by atoms with Crippen LogP contribution in [0.15, 0.2) is 42.7 Å². The van der Waals surface area contributed by atoms with Gasteiger partial charge in [0, 0.05) is 36.4 Å². The molecule has 1 aromatic carbocycles. The van der Waals surface area contributed by atoms with E-state index in [1.54, 1.807) is 19.3 Å². The first-order valence-corrected chi connectivity index (χ1v) is 11.7. The number of amides is 2. The van der Waals surface area contributed by atoms with Crippen LogP contribution in [0, 0.1) is 5.92 Å². The first-order chi connectivity index (χ1) is 15.8. The molecule has 174 valence electrons. The van der Waals surface area contributed by atoms with E-state index in [1.807, 2.05) is 41.9 Å². The zero-order chi connectivity index (χ0) is 23.5. The summed E-state index contributed by atoms with van der Waals surface area (Å²) in [4.78, 5) is 29.6. The first-order valence-electron chi connectivity index (χ1n) is 11.0. The number of benzene rings is 1. The first kappa shape index (κ1) is 23.5. The van der Waals surface area contributed by atoms with Gasteiger partial charge in [0.2, 0.25) is 11.8 Å². The Morgan fingerprint density at radius 1 is 1.27 bits per heavy atom. The number of nitrogens with one attached hydrogen (secondary N) is 3. The average Bonchev–Trinajstić information content (AvgIpc) is 3.36. The maximum Gasteiger partial charge on any atom is 0.242 e. The Morgan fingerprint density at radius 2 is 2.09 bits per heavy atom. The van der Waals surface area contributed by atoms with Gasteiger partial charge in [-0.25, -0.2) is 4.98 Å². The van der Waals surface area contributed by atoms with Crippen LogP contribution in [-0.4, -0.2) is 40.0 Å². The lowest BCUT2D eigenvalue weighted by Gasteiger charge is -2.17. The van der Waals surface area contributed by atoms with Crippen LogP contribution in [-0.2, 0) is 29.6 Å². The zero-order valence-corrected chi connectivity index (χ0v) is 20.1. The highest BCUT2D eigenvalue weighted by molar-refractivity contribution is 6.35. The number of aromatic nitrogens is 2. The smallest absolute Gasteiger partial charge is 0.242 e. The number of carbonyl (C=O) groups is 2. The molecule has 3 atom stereocenters. The van der Waals surface area contributed by atoms with Gasteiger partial charge < -0.3 is 20.5 Å². The standard InChI is InChI=1S/C24H27Cl2N5O2/c1-14(23(32)29-12-17-8-19-20(26)13-31(2)22(19)28-11-17)30-24(33)21-9-16(10-27-21)6-15-4-3-5-18(25)7-15/h3-5,7-8,11,13-14,16,21,27H,6,9-10,12H2,1-2H3,(H,29,32)(H,30,33)/t14-,16-,21+/m0/s1. The van der Waals surface area contributed by atoms with E-state index in [0.29, 0.717) is 17.5 Å². The second-order valence-electron chi connectivity index (χ2n) is 8.65. The SMILES string of the molecule is C[C@H](NC(=O)[C@H]1C[C@H](Cc2cccc(Cl)c2)CN1)C(=O)NCc1cnc2c(c1)c(Cl)cn2C. The maximum absolute atomic E-state index is 12.7. The summed E-state index contributed by atoms with van der Waals surface area (Å²) in [5, 5.41) is 11.1. The highest BCUT2D eigenvalue weighted by atomic mass is 35.5. The van der Waals surface area contributed by atoms with Gasteiger partial charge in [-0.3, -0.25) is 9.59 Å². The second kappa shape index (κ2) is 10.1. The average molecular weight is 488 g/mol. The molecule has 7 nitrogen and oxygen atoms in total. The van der Waals surface area contributed by atoms with Crippen molar-refractivity contribution in [1.29, 1.82) is 0 Å². The maximum atomic E-state index is 12.7. The van der Waals surface area contributed by atoms with Crippen LogP contribution in [0.25, 0.3) is 11.0 Å². The Hall–Kier alpha value is -2.61. The summed E-state index contributed by atoms with van der Waals surface area (Å²) in [5.41, 5.74) is 2.78. The quantitative estimate of drug-likeness (QED) is 0.477. The van der Waals surface area contributed by atoms with Crippen molar-refractivity contribution in [3.8, 4) is 0 Å². The van der Waals surface area contributed by atoms with Crippen LogP contribution in [0.2, 0.25) is 10.0 Å². The van der Waals surface area contributed by atoms with E-state index in [4.69, 9.17) is 23.2 Å². The fourth-order valence-electron chi connectivity index (χ4n) is 4.24. The minimum atomic E-state index is -0.650. The van der Waals surface area contributed by atoms with Gasteiger partial charge in [0.05, 0.1) is 11.1 Å². The lowest BCUT2D eigenvalue weighted by atomic mass is 9.96. The number of pyridine rings is 1. The minimum Gasteiger partial charge on any atom is -0.350 e. The van der Waals surface area contributed by atoms with Crippen LogP contribution in [0.5, 0.6) is 0 Å². The number of aryl methyl sites for hydroxylation is 1. The van der Waals surface area contributed by atoms with E-state index < -0.39 is 6.04 Å². The number of nitrogens with zero attached hydrogens (tertiary/aromatic N) is 2. The molecule has 3 heterocycles. The molecule has 0 radical (unpaired) electrons. The number of rotatable bonds is 7. The number of hydrogen-bond donors (Lipinski definition) is 3. The van der Waals surface area contributed by atoms with Crippen molar-refractivity contribution in [1.82, 2.24) is 25.5 Å². The van der Waals surface area contributed by atoms with Gasteiger partial charge in [0.15, 0.2) is 0 Å². The normalized spacial score (nSPS) is 18.9. The van der Waals surface area contributed by atoms with Gasteiger partial charge in [0.25, 0.3) is 0 Å². The van der Waals surface area contributed by atoms with Crippen molar-refractivity contribution < 1.29 is 9.59 Å². The summed E-state index contributed by atoms with van der Waals surface area (Å²) < 4.78 is 1.86. The molecule has 33 heavy (non-hydrogen) atoms. The summed E-state index contributed by atoms with van der Waals surface area (Å²) in [5.74, 6) is -0.0722. The summed E-state index contributed by atoms with van der Waals surface area (Å²) in [6.07, 6.45) is 5.09. The van der Waals surface area contributed by atoms with Crippen LogP contribution in [0.1, 0.15) is 24.5 Å². The van der Waals surface area contributed by atoms with E-state index in [0.717, 1.165) is 46.6 Å². The molecule has 4 rings (SSSR count). The molecule has 1 saturated heterocycles. The van der Waals surface area contributed by atoms with Crippen molar-refractivity contribution in [2.24, 2.45) is 13.0 Å². The van der Waals surface area contributed by atoms with Crippen molar-refractivity contribution in [2.45, 2.75) is 38.4 Å². The molecule has 0 unspecified atom stereocenters. The van der Waals surface area contributed by atoms with Gasteiger partial charge in [-0.1, -0.05) is 35.3 Å². The molecular formula is C24H27Cl2N5O2. The van der Waals surface area contributed by atoms with E-state index in [1.165, 1.54) is 0 Å². The van der Waals surface area contributed by atoms with Gasteiger partial charge in [-0.2, -0.15) is 0 Å². The van der Waals surface area contributed by atoms with Crippen LogP contribution in [0.3, 0.4) is 0 Å². The van der Waals surface area contributed by atoms with Crippen molar-refractivity contribution in [2.75, 3.05) is 6.54 Å². The van der Waals surface area contributed by atoms with E-state index >= 15 is 0 Å². The highest BCUT2D eigenvalue weighted by Gasteiger charge is 2.30. The number of carbonyl (C=O) groups excluding carboxylic acids is 2. The zero-order valence-electron chi connectivity index (χ0n) is 18.6. The number of halogens is 2. The molecule has 0 saturated carbocycles. The molecule has 3 aromatic rings. The number of hydrogen-bond acceptors (Lipinski definition) is 4. The van der Waals surface area contributed by atoms with E-state index in [9.17, 15) is 9.59 Å². The third kappa shape index (κ3) is 5.66. The van der Waals surface area contributed by atoms with Crippen LogP contribution < -0.4 is 16.0 Å². The predicted octanol–water partition coefficient (Wildman–Crippen LogP) is 3.22. The molecule has 1 fully saturated rings. The highest BCUT2D eigenvalue weighted by Crippen LogP contribution is 2.24. The van der Waals surface area contributed by atoms with Gasteiger partial charge in [-0.15, -0.1) is 0 Å². The summed E-state index contributed by atoms with van der Waals surface area (Å²) >= 11 is 12.3. The third-order valence-electron chi connectivity index (χ3n) is 5.99. The number of fused-ring (bicyclic) bond motifs is 1. The van der Waals surface area contributed by atoms with Crippen molar-refractivity contribution in [3.05, 3.63) is 63.9 Å². The lowest BCUT2D eigenvalue weighted by molar-refractivity contribution is -0.129. The van der Waals surface area contributed by atoms with Crippen LogP contribution >= 0.6 is 23.2 Å². The Balaban J connectivity index is 1.25.